The molecule has 1 atom stereocenters. The molecule has 0 spiro atoms. The van der Waals surface area contributed by atoms with Gasteiger partial charge in [-0.3, -0.25) is 4.79 Å². The first kappa shape index (κ1) is 14.9. The molecule has 4 nitrogen and oxygen atoms in total. The summed E-state index contributed by atoms with van der Waals surface area (Å²) < 4.78 is 0.842. The number of thioether (sulfide) groups is 2. The van der Waals surface area contributed by atoms with E-state index in [1.54, 1.807) is 5.51 Å². The third kappa shape index (κ3) is 3.59. The van der Waals surface area contributed by atoms with Crippen LogP contribution in [0.3, 0.4) is 0 Å². The van der Waals surface area contributed by atoms with Crippen molar-refractivity contribution in [2.75, 3.05) is 17.2 Å². The smallest absolute Gasteiger partial charge is 0.237 e. The normalized spacial score (nSPS) is 18.1. The predicted molar refractivity (Wildman–Crippen MR) is 89.4 cm³/mol. The fraction of sp³-hybridized carbons (Fsp3) is 0.357. The van der Waals surface area contributed by atoms with Crippen molar-refractivity contribution in [3.8, 4) is 0 Å². The molecule has 1 aromatic heterocycles. The maximum absolute atomic E-state index is 12.6. The number of para-hydroxylation sites is 1. The second-order valence-corrected chi connectivity index (χ2v) is 8.26. The second kappa shape index (κ2) is 6.81. The van der Waals surface area contributed by atoms with E-state index in [0.29, 0.717) is 11.0 Å². The zero-order valence-electron chi connectivity index (χ0n) is 11.6. The van der Waals surface area contributed by atoms with Crippen molar-refractivity contribution in [1.82, 2.24) is 10.2 Å². The van der Waals surface area contributed by atoms with Crippen molar-refractivity contribution < 1.29 is 4.79 Å². The van der Waals surface area contributed by atoms with Crippen LogP contribution in [-0.4, -0.2) is 33.7 Å². The highest BCUT2D eigenvalue weighted by molar-refractivity contribution is 8.01. The molecule has 3 rings (SSSR count). The number of hydrogen-bond acceptors (Lipinski definition) is 6. The van der Waals surface area contributed by atoms with Crippen LogP contribution in [0.1, 0.15) is 13.3 Å². The quantitative estimate of drug-likeness (QED) is 0.802. The Hall–Kier alpha value is -1.05. The van der Waals surface area contributed by atoms with Crippen LogP contribution >= 0.6 is 34.9 Å². The molecular weight excluding hydrogens is 322 g/mol. The standard InChI is InChI=1S/C14H15N3OS3/c1-10-6-7-17(11-4-2-3-5-12(11)21-10)13(18)8-19-14-16-15-9-20-14/h2-5,9-10H,6-8H2,1H3/t10-/m1/s1. The summed E-state index contributed by atoms with van der Waals surface area (Å²) in [6.45, 7) is 2.99. The molecule has 0 N–H and O–H groups in total. The third-order valence-corrected chi connectivity index (χ3v) is 6.29. The van der Waals surface area contributed by atoms with Gasteiger partial charge in [0.1, 0.15) is 5.51 Å². The Labute approximate surface area is 136 Å². The van der Waals surface area contributed by atoms with Gasteiger partial charge >= 0.3 is 0 Å². The number of nitrogens with zero attached hydrogens (tertiary/aromatic N) is 3. The summed E-state index contributed by atoms with van der Waals surface area (Å²) in [5.74, 6) is 0.542. The molecule has 1 aliphatic rings. The van der Waals surface area contributed by atoms with Crippen molar-refractivity contribution in [3.05, 3.63) is 29.8 Å². The Bertz CT molecular complexity index is 618. The lowest BCUT2D eigenvalue weighted by atomic mass is 10.2. The molecule has 110 valence electrons. The summed E-state index contributed by atoms with van der Waals surface area (Å²) in [7, 11) is 0. The van der Waals surface area contributed by atoms with Crippen LogP contribution < -0.4 is 4.90 Å². The molecule has 2 heterocycles. The van der Waals surface area contributed by atoms with Crippen LogP contribution in [0.15, 0.2) is 39.0 Å². The van der Waals surface area contributed by atoms with E-state index in [2.05, 4.69) is 23.2 Å². The molecular formula is C14H15N3OS3. The molecule has 2 aromatic rings. The average Bonchev–Trinajstić information content (AvgIpc) is 2.94. The van der Waals surface area contributed by atoms with Gasteiger partial charge in [0.15, 0.2) is 4.34 Å². The molecule has 21 heavy (non-hydrogen) atoms. The maximum atomic E-state index is 12.6. The minimum absolute atomic E-state index is 0.136. The lowest BCUT2D eigenvalue weighted by molar-refractivity contribution is -0.116. The Balaban J connectivity index is 1.76. The molecule has 0 unspecified atom stereocenters. The fourth-order valence-electron chi connectivity index (χ4n) is 2.17. The Morgan fingerprint density at radius 2 is 2.33 bits per heavy atom. The second-order valence-electron chi connectivity index (χ2n) is 4.72. The maximum Gasteiger partial charge on any atom is 0.237 e. The lowest BCUT2D eigenvalue weighted by Gasteiger charge is -2.22. The van der Waals surface area contributed by atoms with Gasteiger partial charge in [0.25, 0.3) is 0 Å². The Kier molecular flexibility index (Phi) is 4.82. The Morgan fingerprint density at radius 3 is 3.14 bits per heavy atom. The molecule has 1 aromatic carbocycles. The highest BCUT2D eigenvalue weighted by Crippen LogP contribution is 2.37. The fourth-order valence-corrected chi connectivity index (χ4v) is 4.65. The van der Waals surface area contributed by atoms with Gasteiger partial charge in [0.2, 0.25) is 5.91 Å². The van der Waals surface area contributed by atoms with E-state index in [4.69, 9.17) is 0 Å². The van der Waals surface area contributed by atoms with Gasteiger partial charge in [-0.1, -0.05) is 42.2 Å². The first-order valence-electron chi connectivity index (χ1n) is 6.69. The van der Waals surface area contributed by atoms with Crippen LogP contribution in [0, 0.1) is 0 Å². The summed E-state index contributed by atoms with van der Waals surface area (Å²) >= 11 is 4.77. The number of aromatic nitrogens is 2. The van der Waals surface area contributed by atoms with Gasteiger partial charge in [0.05, 0.1) is 11.4 Å². The van der Waals surface area contributed by atoms with Crippen molar-refractivity contribution in [1.29, 1.82) is 0 Å². The van der Waals surface area contributed by atoms with Gasteiger partial charge < -0.3 is 4.90 Å². The largest absolute Gasteiger partial charge is 0.311 e. The summed E-state index contributed by atoms with van der Waals surface area (Å²) in [4.78, 5) is 15.7. The summed E-state index contributed by atoms with van der Waals surface area (Å²) in [5.41, 5.74) is 2.72. The van der Waals surface area contributed by atoms with E-state index in [0.717, 1.165) is 23.0 Å². The third-order valence-electron chi connectivity index (χ3n) is 3.20. The first-order chi connectivity index (χ1) is 10.2. The van der Waals surface area contributed by atoms with Gasteiger partial charge in [-0.25, -0.2) is 0 Å². The van der Waals surface area contributed by atoms with E-state index >= 15 is 0 Å². The molecule has 0 radical (unpaired) electrons. The number of benzene rings is 1. The monoisotopic (exact) mass is 337 g/mol. The van der Waals surface area contributed by atoms with Crippen LogP contribution in [0.4, 0.5) is 5.69 Å². The van der Waals surface area contributed by atoms with Crippen molar-refractivity contribution in [2.24, 2.45) is 0 Å². The van der Waals surface area contributed by atoms with Crippen molar-refractivity contribution >= 4 is 46.5 Å². The van der Waals surface area contributed by atoms with Gasteiger partial charge in [0, 0.05) is 16.7 Å². The minimum atomic E-state index is 0.136. The van der Waals surface area contributed by atoms with E-state index in [9.17, 15) is 4.79 Å². The van der Waals surface area contributed by atoms with E-state index < -0.39 is 0 Å². The number of rotatable bonds is 3. The summed E-state index contributed by atoms with van der Waals surface area (Å²) in [6.07, 6.45) is 1.01. The van der Waals surface area contributed by atoms with Crippen LogP contribution in [0.2, 0.25) is 0 Å². The predicted octanol–water partition coefficient (Wildman–Crippen LogP) is 3.55. The molecule has 0 saturated heterocycles. The van der Waals surface area contributed by atoms with Gasteiger partial charge in [-0.2, -0.15) is 0 Å². The zero-order valence-corrected chi connectivity index (χ0v) is 14.0. The number of carbonyl (C=O) groups is 1. The van der Waals surface area contributed by atoms with Crippen LogP contribution in [0.25, 0.3) is 0 Å². The number of carbonyl (C=O) groups excluding carboxylic acids is 1. The average molecular weight is 337 g/mol. The number of amides is 1. The molecule has 0 saturated carbocycles. The number of fused-ring (bicyclic) bond motifs is 1. The topological polar surface area (TPSA) is 46.1 Å². The van der Waals surface area contributed by atoms with Gasteiger partial charge in [-0.15, -0.1) is 22.0 Å². The Morgan fingerprint density at radius 1 is 1.48 bits per heavy atom. The molecule has 7 heteroatoms. The molecule has 0 fully saturated rings. The van der Waals surface area contributed by atoms with Crippen LogP contribution in [-0.2, 0) is 4.79 Å². The van der Waals surface area contributed by atoms with Crippen molar-refractivity contribution in [3.63, 3.8) is 0 Å². The number of hydrogen-bond donors (Lipinski definition) is 0. The SMILES string of the molecule is C[C@@H]1CCN(C(=O)CSc2nncs2)c2ccccc2S1. The molecule has 1 aliphatic heterocycles. The number of anilines is 1. The highest BCUT2D eigenvalue weighted by Gasteiger charge is 2.24. The summed E-state index contributed by atoms with van der Waals surface area (Å²) in [5, 5.41) is 8.29. The van der Waals surface area contributed by atoms with Crippen LogP contribution in [0.5, 0.6) is 0 Å². The van der Waals surface area contributed by atoms with E-state index in [1.807, 2.05) is 34.9 Å². The minimum Gasteiger partial charge on any atom is -0.311 e. The summed E-state index contributed by atoms with van der Waals surface area (Å²) in [6, 6.07) is 8.16. The molecule has 1 amide bonds. The highest BCUT2D eigenvalue weighted by atomic mass is 32.2. The zero-order chi connectivity index (χ0) is 14.7. The lowest BCUT2D eigenvalue weighted by Crippen LogP contribution is -2.33. The van der Waals surface area contributed by atoms with E-state index in [1.165, 1.54) is 28.0 Å². The molecule has 0 bridgehead atoms. The van der Waals surface area contributed by atoms with Gasteiger partial charge in [-0.05, 0) is 18.6 Å². The van der Waals surface area contributed by atoms with E-state index in [-0.39, 0.29) is 5.91 Å². The molecule has 0 aliphatic carbocycles. The van der Waals surface area contributed by atoms with Crippen molar-refractivity contribution in [2.45, 2.75) is 27.8 Å². The first-order valence-corrected chi connectivity index (χ1v) is 9.43.